The standard InChI is InChI=1S/C15H17F3N4S.HI/c1-9(2)10-4-3-5-11(6-10)21-14(19)20-7-13-22-12(8-23-13)15(16,17)18;/h3-6,8-9H,7H2,1-2H3,(H3,19,20,21);1H. The first-order valence-corrected chi connectivity index (χ1v) is 7.82. The Morgan fingerprint density at radius 1 is 1.38 bits per heavy atom. The zero-order chi connectivity index (χ0) is 17.0. The highest BCUT2D eigenvalue weighted by molar-refractivity contribution is 14.0. The van der Waals surface area contributed by atoms with Crippen LogP contribution in [0.4, 0.5) is 18.9 Å². The summed E-state index contributed by atoms with van der Waals surface area (Å²) in [4.78, 5) is 7.52. The molecular weight excluding hydrogens is 452 g/mol. The number of hydrogen-bond acceptors (Lipinski definition) is 3. The first-order chi connectivity index (χ1) is 10.8. The van der Waals surface area contributed by atoms with Gasteiger partial charge in [0.25, 0.3) is 0 Å². The molecule has 4 nitrogen and oxygen atoms in total. The van der Waals surface area contributed by atoms with Gasteiger partial charge in [-0.15, -0.1) is 35.3 Å². The number of benzene rings is 1. The smallest absolute Gasteiger partial charge is 0.370 e. The Balaban J connectivity index is 0.00000288. The number of aliphatic imine (C=N–C) groups is 1. The number of hydrogen-bond donors (Lipinski definition) is 2. The quantitative estimate of drug-likeness (QED) is 0.382. The van der Waals surface area contributed by atoms with E-state index in [0.717, 1.165) is 28.0 Å². The number of thiazole rings is 1. The summed E-state index contributed by atoms with van der Waals surface area (Å²) in [6, 6.07) is 7.72. The third kappa shape index (κ3) is 5.93. The second-order valence-electron chi connectivity index (χ2n) is 5.23. The summed E-state index contributed by atoms with van der Waals surface area (Å²) >= 11 is 0.910. The van der Waals surface area contributed by atoms with Gasteiger partial charge in [0, 0.05) is 11.1 Å². The number of guanidine groups is 1. The highest BCUT2D eigenvalue weighted by Gasteiger charge is 2.33. The predicted molar refractivity (Wildman–Crippen MR) is 102 cm³/mol. The number of nitrogens with zero attached hydrogens (tertiary/aromatic N) is 2. The van der Waals surface area contributed by atoms with Gasteiger partial charge in [-0.2, -0.15) is 13.2 Å². The summed E-state index contributed by atoms with van der Waals surface area (Å²) < 4.78 is 37.4. The fraction of sp³-hybridized carbons (Fsp3) is 0.333. The lowest BCUT2D eigenvalue weighted by Crippen LogP contribution is -2.22. The maximum Gasteiger partial charge on any atom is 0.434 e. The van der Waals surface area contributed by atoms with E-state index < -0.39 is 11.9 Å². The van der Waals surface area contributed by atoms with Gasteiger partial charge in [-0.25, -0.2) is 9.98 Å². The van der Waals surface area contributed by atoms with E-state index in [1.807, 2.05) is 24.3 Å². The molecule has 24 heavy (non-hydrogen) atoms. The minimum absolute atomic E-state index is 0. The van der Waals surface area contributed by atoms with Gasteiger partial charge < -0.3 is 11.1 Å². The van der Waals surface area contributed by atoms with Crippen molar-refractivity contribution in [1.82, 2.24) is 4.98 Å². The number of nitrogens with one attached hydrogen (secondary N) is 1. The van der Waals surface area contributed by atoms with Crippen molar-refractivity contribution in [2.24, 2.45) is 10.7 Å². The largest absolute Gasteiger partial charge is 0.434 e. The van der Waals surface area contributed by atoms with Gasteiger partial charge in [0.1, 0.15) is 5.01 Å². The van der Waals surface area contributed by atoms with E-state index in [-0.39, 0.29) is 41.5 Å². The monoisotopic (exact) mass is 470 g/mol. The topological polar surface area (TPSA) is 63.3 Å². The van der Waals surface area contributed by atoms with Crippen molar-refractivity contribution in [3.8, 4) is 0 Å². The van der Waals surface area contributed by atoms with Crippen molar-refractivity contribution in [2.45, 2.75) is 32.5 Å². The van der Waals surface area contributed by atoms with Gasteiger partial charge in [-0.3, -0.25) is 0 Å². The molecule has 9 heteroatoms. The van der Waals surface area contributed by atoms with E-state index in [0.29, 0.717) is 5.92 Å². The molecule has 0 amide bonds. The number of anilines is 1. The Labute approximate surface area is 159 Å². The molecule has 0 bridgehead atoms. The lowest BCUT2D eigenvalue weighted by atomic mass is 10.0. The minimum Gasteiger partial charge on any atom is -0.370 e. The van der Waals surface area contributed by atoms with E-state index >= 15 is 0 Å². The van der Waals surface area contributed by atoms with Crippen LogP contribution in [0.15, 0.2) is 34.6 Å². The van der Waals surface area contributed by atoms with Gasteiger partial charge in [0.2, 0.25) is 0 Å². The van der Waals surface area contributed by atoms with Gasteiger partial charge in [0.15, 0.2) is 11.7 Å². The Hall–Kier alpha value is -1.36. The lowest BCUT2D eigenvalue weighted by Gasteiger charge is -2.09. The van der Waals surface area contributed by atoms with Crippen LogP contribution in [0.2, 0.25) is 0 Å². The van der Waals surface area contributed by atoms with Crippen LogP contribution in [0, 0.1) is 0 Å². The van der Waals surface area contributed by atoms with E-state index in [1.54, 1.807) is 0 Å². The van der Waals surface area contributed by atoms with Gasteiger partial charge >= 0.3 is 6.18 Å². The van der Waals surface area contributed by atoms with Crippen molar-refractivity contribution in [3.63, 3.8) is 0 Å². The first kappa shape index (κ1) is 20.7. The number of halogens is 4. The Bertz CT molecular complexity index is 698. The van der Waals surface area contributed by atoms with Crippen LogP contribution >= 0.6 is 35.3 Å². The van der Waals surface area contributed by atoms with Crippen LogP contribution in [0.5, 0.6) is 0 Å². The summed E-state index contributed by atoms with van der Waals surface area (Å²) in [5, 5.41) is 4.16. The van der Waals surface area contributed by atoms with Gasteiger partial charge in [0.05, 0.1) is 6.54 Å². The van der Waals surface area contributed by atoms with E-state index in [1.165, 1.54) is 0 Å². The van der Waals surface area contributed by atoms with E-state index in [4.69, 9.17) is 5.73 Å². The molecule has 0 atom stereocenters. The summed E-state index contributed by atoms with van der Waals surface area (Å²) in [7, 11) is 0. The van der Waals surface area contributed by atoms with Crippen LogP contribution in [0.3, 0.4) is 0 Å². The second-order valence-corrected chi connectivity index (χ2v) is 6.17. The Kier molecular flexibility index (Phi) is 7.46. The number of aromatic nitrogens is 1. The van der Waals surface area contributed by atoms with Crippen LogP contribution < -0.4 is 11.1 Å². The zero-order valence-corrected chi connectivity index (χ0v) is 16.2. The summed E-state index contributed by atoms with van der Waals surface area (Å²) in [6.07, 6.45) is -4.43. The third-order valence-corrected chi connectivity index (χ3v) is 3.89. The fourth-order valence-electron chi connectivity index (χ4n) is 1.83. The maximum absolute atomic E-state index is 12.5. The van der Waals surface area contributed by atoms with Crippen molar-refractivity contribution in [1.29, 1.82) is 0 Å². The lowest BCUT2D eigenvalue weighted by molar-refractivity contribution is -0.140. The predicted octanol–water partition coefficient (Wildman–Crippen LogP) is 4.83. The number of alkyl halides is 3. The molecule has 3 N–H and O–H groups in total. The normalized spacial score (nSPS) is 12.2. The average Bonchev–Trinajstić information content (AvgIpc) is 2.94. The maximum atomic E-state index is 12.5. The first-order valence-electron chi connectivity index (χ1n) is 6.94. The van der Waals surface area contributed by atoms with Crippen LogP contribution in [0.1, 0.15) is 36.0 Å². The molecule has 2 rings (SSSR count). The molecule has 0 aliphatic heterocycles. The number of rotatable bonds is 4. The molecule has 0 saturated heterocycles. The second kappa shape index (κ2) is 8.65. The SMILES string of the molecule is CC(C)c1cccc(NC(N)=NCc2nc(C(F)(F)F)cs2)c1.I. The van der Waals surface area contributed by atoms with Crippen LogP contribution in [0.25, 0.3) is 0 Å². The molecule has 0 aliphatic carbocycles. The molecule has 1 heterocycles. The molecule has 0 saturated carbocycles. The Morgan fingerprint density at radius 3 is 2.67 bits per heavy atom. The molecule has 0 fully saturated rings. The molecule has 2 aromatic rings. The van der Waals surface area contributed by atoms with E-state index in [2.05, 4.69) is 29.1 Å². The number of nitrogens with two attached hydrogens (primary N) is 1. The molecule has 0 spiro atoms. The fourth-order valence-corrected chi connectivity index (χ4v) is 2.55. The van der Waals surface area contributed by atoms with E-state index in [9.17, 15) is 13.2 Å². The summed E-state index contributed by atoms with van der Waals surface area (Å²) in [5.41, 5.74) is 6.80. The van der Waals surface area contributed by atoms with Crippen LogP contribution in [-0.2, 0) is 12.7 Å². The molecule has 0 aliphatic rings. The molecular formula is C15H18F3IN4S. The molecule has 132 valence electrons. The van der Waals surface area contributed by atoms with Crippen molar-refractivity contribution < 1.29 is 13.2 Å². The van der Waals surface area contributed by atoms with Crippen molar-refractivity contribution in [2.75, 3.05) is 5.32 Å². The third-order valence-electron chi connectivity index (χ3n) is 3.05. The van der Waals surface area contributed by atoms with Crippen molar-refractivity contribution >= 4 is 47.0 Å². The highest BCUT2D eigenvalue weighted by atomic mass is 127. The average molecular weight is 470 g/mol. The van der Waals surface area contributed by atoms with Gasteiger partial charge in [-0.1, -0.05) is 26.0 Å². The summed E-state index contributed by atoms with van der Waals surface area (Å²) in [5.74, 6) is 0.515. The highest BCUT2D eigenvalue weighted by Crippen LogP contribution is 2.30. The molecule has 1 aromatic carbocycles. The van der Waals surface area contributed by atoms with Crippen LogP contribution in [-0.4, -0.2) is 10.9 Å². The minimum atomic E-state index is -4.43. The van der Waals surface area contributed by atoms with Gasteiger partial charge in [-0.05, 0) is 23.6 Å². The van der Waals surface area contributed by atoms with Crippen molar-refractivity contribution in [3.05, 3.63) is 45.9 Å². The molecule has 1 aromatic heterocycles. The molecule has 0 radical (unpaired) electrons. The molecule has 0 unspecified atom stereocenters. The summed E-state index contributed by atoms with van der Waals surface area (Å²) in [6.45, 7) is 4.16. The zero-order valence-electron chi connectivity index (χ0n) is 13.1. The Morgan fingerprint density at radius 2 is 2.08 bits per heavy atom.